The van der Waals surface area contributed by atoms with Crippen molar-refractivity contribution >= 4 is 16.9 Å². The average Bonchev–Trinajstić information content (AvgIpc) is 2.91. The van der Waals surface area contributed by atoms with Crippen LogP contribution in [0.15, 0.2) is 30.3 Å². The highest BCUT2D eigenvalue weighted by atomic mass is 15.4. The Morgan fingerprint density at radius 1 is 1.19 bits per heavy atom. The maximum absolute atomic E-state index is 4.62. The first kappa shape index (κ1) is 13.5. The van der Waals surface area contributed by atoms with E-state index < -0.39 is 0 Å². The Morgan fingerprint density at radius 2 is 2.00 bits per heavy atom. The van der Waals surface area contributed by atoms with Crippen LogP contribution in [0.25, 0.3) is 16.9 Å². The molecule has 108 valence electrons. The smallest absolute Gasteiger partial charge is 0.161 e. The molecule has 0 aliphatic heterocycles. The number of nitrogens with one attached hydrogen (secondary N) is 1. The summed E-state index contributed by atoms with van der Waals surface area (Å²) in [6.45, 7) is 7.01. The average molecular weight is 282 g/mol. The zero-order chi connectivity index (χ0) is 14.8. The van der Waals surface area contributed by atoms with Gasteiger partial charge in [-0.15, -0.1) is 5.10 Å². The highest BCUT2D eigenvalue weighted by Crippen LogP contribution is 2.19. The molecule has 0 saturated heterocycles. The number of aromatic nitrogens is 5. The molecule has 0 spiro atoms. The van der Waals surface area contributed by atoms with Crippen LogP contribution in [0.1, 0.15) is 32.5 Å². The lowest BCUT2D eigenvalue weighted by molar-refractivity contribution is 0.738. The van der Waals surface area contributed by atoms with E-state index in [4.69, 9.17) is 0 Å². The molecule has 0 aliphatic rings. The summed E-state index contributed by atoms with van der Waals surface area (Å²) in [6, 6.07) is 9.74. The first-order chi connectivity index (χ1) is 10.2. The molecule has 6 nitrogen and oxygen atoms in total. The van der Waals surface area contributed by atoms with Gasteiger partial charge in [0.05, 0.1) is 5.52 Å². The Labute approximate surface area is 123 Å². The Kier molecular flexibility index (Phi) is 3.51. The minimum atomic E-state index is 0.247. The molecule has 0 amide bonds. The number of rotatable bonds is 4. The molecular weight excluding hydrogens is 264 g/mol. The van der Waals surface area contributed by atoms with Gasteiger partial charge in [0.25, 0.3) is 0 Å². The molecule has 1 N–H and O–H groups in total. The summed E-state index contributed by atoms with van der Waals surface area (Å²) in [4.78, 5) is 9.15. The van der Waals surface area contributed by atoms with Crippen molar-refractivity contribution in [1.82, 2.24) is 25.0 Å². The quantitative estimate of drug-likeness (QED) is 0.797. The van der Waals surface area contributed by atoms with Crippen LogP contribution in [0.2, 0.25) is 0 Å². The van der Waals surface area contributed by atoms with E-state index in [9.17, 15) is 0 Å². The van der Waals surface area contributed by atoms with Gasteiger partial charge in [-0.2, -0.15) is 4.68 Å². The molecule has 21 heavy (non-hydrogen) atoms. The summed E-state index contributed by atoms with van der Waals surface area (Å²) >= 11 is 0. The van der Waals surface area contributed by atoms with Crippen LogP contribution < -0.4 is 5.32 Å². The Bertz CT molecular complexity index is 762. The van der Waals surface area contributed by atoms with Crippen LogP contribution >= 0.6 is 0 Å². The minimum absolute atomic E-state index is 0.247. The molecule has 3 aromatic rings. The topological polar surface area (TPSA) is 68.5 Å². The number of nitrogens with zero attached hydrogens (tertiary/aromatic N) is 5. The lowest BCUT2D eigenvalue weighted by Gasteiger charge is -2.10. The first-order valence-electron chi connectivity index (χ1n) is 7.12. The Balaban J connectivity index is 2.16. The predicted octanol–water partition coefficient (Wildman–Crippen LogP) is 2.77. The van der Waals surface area contributed by atoms with Gasteiger partial charge in [-0.3, -0.25) is 0 Å². The van der Waals surface area contributed by atoms with Crippen molar-refractivity contribution in [2.24, 2.45) is 0 Å². The largest absolute Gasteiger partial charge is 0.370 e. The van der Waals surface area contributed by atoms with E-state index in [-0.39, 0.29) is 5.92 Å². The molecule has 0 aliphatic carbocycles. The number of fused-ring (bicyclic) bond motifs is 1. The van der Waals surface area contributed by atoms with Crippen LogP contribution in [0.3, 0.4) is 0 Å². The summed E-state index contributed by atoms with van der Waals surface area (Å²) in [7, 11) is 0. The van der Waals surface area contributed by atoms with E-state index in [0.29, 0.717) is 0 Å². The second-order valence-electron chi connectivity index (χ2n) is 5.14. The van der Waals surface area contributed by atoms with Crippen molar-refractivity contribution in [3.05, 3.63) is 36.2 Å². The monoisotopic (exact) mass is 282 g/mol. The van der Waals surface area contributed by atoms with Gasteiger partial charge in [0.1, 0.15) is 17.2 Å². The van der Waals surface area contributed by atoms with Gasteiger partial charge in [0.15, 0.2) is 5.82 Å². The number of hydrogen-bond acceptors (Lipinski definition) is 5. The van der Waals surface area contributed by atoms with Crippen molar-refractivity contribution in [2.75, 3.05) is 11.9 Å². The zero-order valence-electron chi connectivity index (χ0n) is 12.4. The third kappa shape index (κ3) is 2.56. The van der Waals surface area contributed by atoms with Gasteiger partial charge in [-0.1, -0.05) is 31.2 Å². The maximum atomic E-state index is 4.62. The molecule has 2 heterocycles. The molecular formula is C15H18N6. The predicted molar refractivity (Wildman–Crippen MR) is 82.7 cm³/mol. The lowest BCUT2D eigenvalue weighted by atomic mass is 10.2. The fourth-order valence-electron chi connectivity index (χ4n) is 2.13. The van der Waals surface area contributed by atoms with Crippen LogP contribution in [0, 0.1) is 0 Å². The van der Waals surface area contributed by atoms with E-state index in [2.05, 4.69) is 39.4 Å². The van der Waals surface area contributed by atoms with Gasteiger partial charge >= 0.3 is 0 Å². The Hall–Kier alpha value is -2.50. The number of para-hydroxylation sites is 1. The third-order valence-electron chi connectivity index (χ3n) is 3.17. The van der Waals surface area contributed by atoms with Gasteiger partial charge in [-0.25, -0.2) is 9.97 Å². The van der Waals surface area contributed by atoms with E-state index in [1.807, 2.05) is 37.3 Å². The lowest BCUT2D eigenvalue weighted by Crippen LogP contribution is -2.09. The van der Waals surface area contributed by atoms with Gasteiger partial charge in [0.2, 0.25) is 0 Å². The standard InChI is InChI=1S/C15H18N6/c1-4-16-13-9-14(18-15(17-13)10(2)3)21-12-8-6-5-7-11(12)19-20-21/h5-10H,4H2,1-3H3,(H,16,17,18). The van der Waals surface area contributed by atoms with Gasteiger partial charge < -0.3 is 5.32 Å². The van der Waals surface area contributed by atoms with Crippen LogP contribution in [-0.4, -0.2) is 31.5 Å². The zero-order valence-corrected chi connectivity index (χ0v) is 12.4. The van der Waals surface area contributed by atoms with Gasteiger partial charge in [0, 0.05) is 18.5 Å². The second kappa shape index (κ2) is 5.47. The molecule has 2 aromatic heterocycles. The fraction of sp³-hybridized carbons (Fsp3) is 0.333. The summed E-state index contributed by atoms with van der Waals surface area (Å²) in [5, 5.41) is 11.6. The van der Waals surface area contributed by atoms with Crippen LogP contribution in [-0.2, 0) is 0 Å². The minimum Gasteiger partial charge on any atom is -0.370 e. The summed E-state index contributed by atoms with van der Waals surface area (Å²) in [5.41, 5.74) is 1.79. The summed E-state index contributed by atoms with van der Waals surface area (Å²) < 4.78 is 1.75. The van der Waals surface area contributed by atoms with Crippen molar-refractivity contribution < 1.29 is 0 Å². The molecule has 0 radical (unpaired) electrons. The van der Waals surface area contributed by atoms with E-state index >= 15 is 0 Å². The number of hydrogen-bond donors (Lipinski definition) is 1. The normalized spacial score (nSPS) is 11.2. The molecule has 0 unspecified atom stereocenters. The van der Waals surface area contributed by atoms with Crippen molar-refractivity contribution in [1.29, 1.82) is 0 Å². The van der Waals surface area contributed by atoms with Crippen molar-refractivity contribution in [3.63, 3.8) is 0 Å². The van der Waals surface area contributed by atoms with Crippen LogP contribution in [0.5, 0.6) is 0 Å². The second-order valence-corrected chi connectivity index (χ2v) is 5.14. The molecule has 0 fully saturated rings. The molecule has 6 heteroatoms. The third-order valence-corrected chi connectivity index (χ3v) is 3.17. The highest BCUT2D eigenvalue weighted by Gasteiger charge is 2.12. The fourth-order valence-corrected chi connectivity index (χ4v) is 2.13. The number of benzene rings is 1. The van der Waals surface area contributed by atoms with E-state index in [1.54, 1.807) is 4.68 Å². The maximum Gasteiger partial charge on any atom is 0.161 e. The van der Waals surface area contributed by atoms with Crippen LogP contribution in [0.4, 0.5) is 5.82 Å². The first-order valence-corrected chi connectivity index (χ1v) is 7.12. The molecule has 0 bridgehead atoms. The van der Waals surface area contributed by atoms with E-state index in [1.165, 1.54) is 0 Å². The SMILES string of the molecule is CCNc1cc(-n2nnc3ccccc32)nc(C(C)C)n1. The summed E-state index contributed by atoms with van der Waals surface area (Å²) in [6.07, 6.45) is 0. The van der Waals surface area contributed by atoms with E-state index in [0.717, 1.165) is 35.0 Å². The Morgan fingerprint density at radius 3 is 2.76 bits per heavy atom. The van der Waals surface area contributed by atoms with Crippen molar-refractivity contribution in [2.45, 2.75) is 26.7 Å². The van der Waals surface area contributed by atoms with Gasteiger partial charge in [-0.05, 0) is 19.1 Å². The molecule has 0 atom stereocenters. The molecule has 1 aromatic carbocycles. The highest BCUT2D eigenvalue weighted by molar-refractivity contribution is 5.75. The molecule has 0 saturated carbocycles. The molecule has 3 rings (SSSR count). The number of anilines is 1. The summed E-state index contributed by atoms with van der Waals surface area (Å²) in [5.74, 6) is 2.59. The van der Waals surface area contributed by atoms with Crippen molar-refractivity contribution in [3.8, 4) is 5.82 Å².